The number of fused-ring (bicyclic) bond motifs is 1. The maximum Gasteiger partial charge on any atom is 0.354 e. The molecule has 1 unspecified atom stereocenters. The van der Waals surface area contributed by atoms with E-state index in [2.05, 4.69) is 23.3 Å². The Labute approximate surface area is 169 Å². The summed E-state index contributed by atoms with van der Waals surface area (Å²) in [6.07, 6.45) is 0.193. The van der Waals surface area contributed by atoms with Gasteiger partial charge in [-0.2, -0.15) is 0 Å². The minimum atomic E-state index is -0.611. The average Bonchev–Trinajstić information content (AvgIpc) is 3.10. The maximum absolute atomic E-state index is 11.9. The Hall–Kier alpha value is -2.34. The summed E-state index contributed by atoms with van der Waals surface area (Å²) in [7, 11) is 0. The molecule has 0 radical (unpaired) electrons. The summed E-state index contributed by atoms with van der Waals surface area (Å²) in [5.41, 5.74) is 3.32. The number of aliphatic hydroxyl groups excluding tert-OH is 1. The highest BCUT2D eigenvalue weighted by atomic mass is 35.5. The Bertz CT molecular complexity index is 954. The number of aromatic nitrogens is 1. The van der Waals surface area contributed by atoms with Crippen LogP contribution in [0.4, 0.5) is 0 Å². The van der Waals surface area contributed by atoms with Gasteiger partial charge in [0.2, 0.25) is 0 Å². The summed E-state index contributed by atoms with van der Waals surface area (Å²) in [6, 6.07) is 15.3. The molecule has 2 atom stereocenters. The lowest BCUT2D eigenvalue weighted by atomic mass is 10.0. The molecule has 0 saturated carbocycles. The van der Waals surface area contributed by atoms with Crippen LogP contribution in [0, 0.1) is 0 Å². The number of nitrogens with one attached hydrogen (secondary N) is 2. The SMILES string of the molecule is CCOC(=O)c1cc2cc(CC(C)NC[C@H](O)c3cccc(Cl)c3)ccc2[nH]1. The fourth-order valence-corrected chi connectivity index (χ4v) is 3.40. The van der Waals surface area contributed by atoms with Crippen LogP contribution in [0.3, 0.4) is 0 Å². The predicted molar refractivity (Wildman–Crippen MR) is 112 cm³/mol. The number of carbonyl (C=O) groups excluding carboxylic acids is 1. The highest BCUT2D eigenvalue weighted by Gasteiger charge is 2.13. The van der Waals surface area contributed by atoms with Crippen LogP contribution in [0.25, 0.3) is 10.9 Å². The molecule has 1 heterocycles. The summed E-state index contributed by atoms with van der Waals surface area (Å²) in [4.78, 5) is 15.0. The third kappa shape index (κ3) is 5.13. The van der Waals surface area contributed by atoms with E-state index in [0.29, 0.717) is 23.9 Å². The van der Waals surface area contributed by atoms with Gasteiger partial charge in [-0.3, -0.25) is 0 Å². The van der Waals surface area contributed by atoms with Gasteiger partial charge in [-0.1, -0.05) is 29.8 Å². The van der Waals surface area contributed by atoms with E-state index in [1.807, 2.05) is 30.3 Å². The second-order valence-electron chi connectivity index (χ2n) is 6.91. The molecular formula is C22H25ClN2O3. The molecule has 148 valence electrons. The zero-order chi connectivity index (χ0) is 20.1. The molecule has 6 heteroatoms. The van der Waals surface area contributed by atoms with E-state index in [0.717, 1.165) is 28.5 Å². The molecule has 1 aromatic heterocycles. The quantitative estimate of drug-likeness (QED) is 0.494. The van der Waals surface area contributed by atoms with E-state index in [1.54, 1.807) is 19.1 Å². The van der Waals surface area contributed by atoms with Gasteiger partial charge < -0.3 is 20.1 Å². The molecule has 0 fully saturated rings. The maximum atomic E-state index is 11.9. The minimum Gasteiger partial charge on any atom is -0.461 e. The van der Waals surface area contributed by atoms with Crippen molar-refractivity contribution in [2.75, 3.05) is 13.2 Å². The van der Waals surface area contributed by atoms with Crippen molar-refractivity contribution in [2.24, 2.45) is 0 Å². The molecule has 0 aliphatic heterocycles. The number of carbonyl (C=O) groups is 1. The number of esters is 1. The largest absolute Gasteiger partial charge is 0.461 e. The lowest BCUT2D eigenvalue weighted by Gasteiger charge is -2.18. The van der Waals surface area contributed by atoms with Crippen LogP contribution in [-0.4, -0.2) is 35.3 Å². The lowest BCUT2D eigenvalue weighted by molar-refractivity contribution is 0.0520. The molecule has 0 saturated heterocycles. The Kier molecular flexibility index (Phi) is 6.73. The molecule has 5 nitrogen and oxygen atoms in total. The Balaban J connectivity index is 1.59. The number of hydrogen-bond acceptors (Lipinski definition) is 4. The molecule has 2 aromatic carbocycles. The van der Waals surface area contributed by atoms with Crippen LogP contribution in [-0.2, 0) is 11.2 Å². The number of aromatic amines is 1. The zero-order valence-corrected chi connectivity index (χ0v) is 16.8. The zero-order valence-electron chi connectivity index (χ0n) is 16.0. The summed E-state index contributed by atoms with van der Waals surface area (Å²) < 4.78 is 5.04. The molecule has 0 amide bonds. The fourth-order valence-electron chi connectivity index (χ4n) is 3.20. The molecule has 3 N–H and O–H groups in total. The molecular weight excluding hydrogens is 376 g/mol. The normalized spacial score (nSPS) is 13.4. The molecule has 0 aliphatic rings. The van der Waals surface area contributed by atoms with Crippen LogP contribution in [0.5, 0.6) is 0 Å². The minimum absolute atomic E-state index is 0.176. The van der Waals surface area contributed by atoms with Crippen molar-refractivity contribution in [3.63, 3.8) is 0 Å². The first-order valence-corrected chi connectivity index (χ1v) is 9.79. The van der Waals surface area contributed by atoms with E-state index in [9.17, 15) is 9.90 Å². The van der Waals surface area contributed by atoms with Gasteiger partial charge in [0.25, 0.3) is 0 Å². The molecule has 3 rings (SSSR count). The summed E-state index contributed by atoms with van der Waals surface area (Å²) in [6.45, 7) is 4.66. The number of ether oxygens (including phenoxy) is 1. The van der Waals surface area contributed by atoms with Gasteiger partial charge in [0.1, 0.15) is 5.69 Å². The first kappa shape index (κ1) is 20.4. The van der Waals surface area contributed by atoms with Crippen molar-refractivity contribution in [1.29, 1.82) is 0 Å². The van der Waals surface area contributed by atoms with Crippen molar-refractivity contribution in [1.82, 2.24) is 10.3 Å². The number of H-pyrrole nitrogens is 1. The Morgan fingerprint density at radius 2 is 2.07 bits per heavy atom. The smallest absolute Gasteiger partial charge is 0.354 e. The number of halogens is 1. The first-order valence-electron chi connectivity index (χ1n) is 9.42. The number of benzene rings is 2. The van der Waals surface area contributed by atoms with E-state index in [4.69, 9.17) is 16.3 Å². The third-order valence-corrected chi connectivity index (χ3v) is 4.85. The Morgan fingerprint density at radius 1 is 1.25 bits per heavy atom. The van der Waals surface area contributed by atoms with E-state index in [-0.39, 0.29) is 12.0 Å². The molecule has 0 aliphatic carbocycles. The predicted octanol–water partition coefficient (Wildman–Crippen LogP) is 4.25. The lowest BCUT2D eigenvalue weighted by Crippen LogP contribution is -2.32. The molecule has 0 spiro atoms. The van der Waals surface area contributed by atoms with Crippen LogP contribution in [0.2, 0.25) is 5.02 Å². The standard InChI is InChI=1S/C22H25ClN2O3/c1-3-28-22(27)20-12-17-10-15(7-8-19(17)25-20)9-14(2)24-13-21(26)16-5-4-6-18(23)11-16/h4-8,10-12,14,21,24-26H,3,9,13H2,1-2H3/t14?,21-/m0/s1. The summed E-state index contributed by atoms with van der Waals surface area (Å²) in [5.74, 6) is -0.342. The monoisotopic (exact) mass is 400 g/mol. The van der Waals surface area contributed by atoms with Crippen LogP contribution >= 0.6 is 11.6 Å². The average molecular weight is 401 g/mol. The highest BCUT2D eigenvalue weighted by Crippen LogP contribution is 2.20. The number of hydrogen-bond donors (Lipinski definition) is 3. The van der Waals surface area contributed by atoms with E-state index < -0.39 is 6.10 Å². The fraction of sp³-hybridized carbons (Fsp3) is 0.318. The van der Waals surface area contributed by atoms with Crippen LogP contribution in [0.1, 0.15) is 41.6 Å². The van der Waals surface area contributed by atoms with Crippen LogP contribution < -0.4 is 5.32 Å². The van der Waals surface area contributed by atoms with Gasteiger partial charge >= 0.3 is 5.97 Å². The van der Waals surface area contributed by atoms with Gasteiger partial charge in [0.15, 0.2) is 0 Å². The number of rotatable bonds is 8. The molecule has 3 aromatic rings. The highest BCUT2D eigenvalue weighted by molar-refractivity contribution is 6.30. The van der Waals surface area contributed by atoms with Crippen molar-refractivity contribution >= 4 is 28.5 Å². The summed E-state index contributed by atoms with van der Waals surface area (Å²) in [5, 5.41) is 15.3. The van der Waals surface area contributed by atoms with E-state index >= 15 is 0 Å². The van der Waals surface area contributed by atoms with E-state index in [1.165, 1.54) is 0 Å². The number of aliphatic hydroxyl groups is 1. The van der Waals surface area contributed by atoms with Gasteiger partial charge in [0, 0.05) is 28.5 Å². The second kappa shape index (κ2) is 9.24. The first-order chi connectivity index (χ1) is 13.5. The molecule has 28 heavy (non-hydrogen) atoms. The van der Waals surface area contributed by atoms with Gasteiger partial charge in [-0.25, -0.2) is 4.79 Å². The van der Waals surface area contributed by atoms with Gasteiger partial charge in [-0.15, -0.1) is 0 Å². The topological polar surface area (TPSA) is 74.3 Å². The molecule has 0 bridgehead atoms. The Morgan fingerprint density at radius 3 is 2.82 bits per heavy atom. The van der Waals surface area contributed by atoms with Gasteiger partial charge in [0.05, 0.1) is 12.7 Å². The van der Waals surface area contributed by atoms with Crippen molar-refractivity contribution < 1.29 is 14.6 Å². The van der Waals surface area contributed by atoms with Crippen molar-refractivity contribution in [3.05, 3.63) is 70.4 Å². The van der Waals surface area contributed by atoms with Crippen LogP contribution in [0.15, 0.2) is 48.5 Å². The van der Waals surface area contributed by atoms with Crippen molar-refractivity contribution in [2.45, 2.75) is 32.4 Å². The second-order valence-corrected chi connectivity index (χ2v) is 7.35. The third-order valence-electron chi connectivity index (χ3n) is 4.62. The van der Waals surface area contributed by atoms with Gasteiger partial charge in [-0.05, 0) is 61.7 Å². The summed E-state index contributed by atoms with van der Waals surface area (Å²) >= 11 is 5.98. The van der Waals surface area contributed by atoms with Crippen molar-refractivity contribution in [3.8, 4) is 0 Å².